The number of alkyl halides is 3. The normalized spacial score (nSPS) is 13.6. The van der Waals surface area contributed by atoms with Gasteiger partial charge in [-0.3, -0.25) is 0 Å². The summed E-state index contributed by atoms with van der Waals surface area (Å²) in [5, 5.41) is 0. The van der Waals surface area contributed by atoms with Crippen LogP contribution in [0.2, 0.25) is 0 Å². The van der Waals surface area contributed by atoms with Crippen molar-refractivity contribution in [3.05, 3.63) is 29.8 Å². The second-order valence-electron chi connectivity index (χ2n) is 3.30. The third-order valence-corrected chi connectivity index (χ3v) is 2.23. The summed E-state index contributed by atoms with van der Waals surface area (Å²) < 4.78 is 43.2. The van der Waals surface area contributed by atoms with E-state index in [2.05, 4.69) is 0 Å². The van der Waals surface area contributed by atoms with E-state index in [0.29, 0.717) is 6.61 Å². The standard InChI is InChI=1S/C11H14F3NO/c1-2-16-10-6-4-3-5-8(10)9(7-15)11(12,13)14/h3-6,9H,2,7,15H2,1H3. The lowest BCUT2D eigenvalue weighted by atomic mass is 9.98. The number of ether oxygens (including phenoxy) is 1. The van der Waals surface area contributed by atoms with Crippen molar-refractivity contribution in [3.63, 3.8) is 0 Å². The molecule has 16 heavy (non-hydrogen) atoms. The topological polar surface area (TPSA) is 35.2 Å². The fraction of sp³-hybridized carbons (Fsp3) is 0.455. The Morgan fingerprint density at radius 3 is 2.44 bits per heavy atom. The van der Waals surface area contributed by atoms with E-state index in [1.807, 2.05) is 0 Å². The van der Waals surface area contributed by atoms with Crippen LogP contribution in [0.3, 0.4) is 0 Å². The quantitative estimate of drug-likeness (QED) is 0.867. The molecule has 90 valence electrons. The van der Waals surface area contributed by atoms with Crippen LogP contribution in [0.25, 0.3) is 0 Å². The Morgan fingerprint density at radius 2 is 1.94 bits per heavy atom. The average Bonchev–Trinajstić information content (AvgIpc) is 2.20. The predicted molar refractivity (Wildman–Crippen MR) is 55.5 cm³/mol. The molecule has 0 aliphatic carbocycles. The number of benzene rings is 1. The van der Waals surface area contributed by atoms with E-state index in [1.165, 1.54) is 12.1 Å². The first-order valence-electron chi connectivity index (χ1n) is 4.99. The second-order valence-corrected chi connectivity index (χ2v) is 3.30. The van der Waals surface area contributed by atoms with Gasteiger partial charge in [-0.2, -0.15) is 13.2 Å². The molecule has 1 atom stereocenters. The minimum Gasteiger partial charge on any atom is -0.494 e. The zero-order valence-corrected chi connectivity index (χ0v) is 8.92. The van der Waals surface area contributed by atoms with Crippen LogP contribution in [-0.4, -0.2) is 19.3 Å². The average molecular weight is 233 g/mol. The summed E-state index contributed by atoms with van der Waals surface area (Å²) in [4.78, 5) is 0. The zero-order chi connectivity index (χ0) is 12.2. The number of hydrogen-bond acceptors (Lipinski definition) is 2. The lowest BCUT2D eigenvalue weighted by Gasteiger charge is -2.21. The van der Waals surface area contributed by atoms with Crippen molar-refractivity contribution in [1.29, 1.82) is 0 Å². The summed E-state index contributed by atoms with van der Waals surface area (Å²) in [5.41, 5.74) is 5.28. The van der Waals surface area contributed by atoms with Crippen LogP contribution < -0.4 is 10.5 Å². The van der Waals surface area contributed by atoms with Crippen LogP contribution in [0.5, 0.6) is 5.75 Å². The summed E-state index contributed by atoms with van der Waals surface area (Å²) in [7, 11) is 0. The first kappa shape index (κ1) is 12.8. The molecule has 0 fully saturated rings. The lowest BCUT2D eigenvalue weighted by molar-refractivity contribution is -0.148. The van der Waals surface area contributed by atoms with E-state index in [-0.39, 0.29) is 11.3 Å². The van der Waals surface area contributed by atoms with Gasteiger partial charge in [0.2, 0.25) is 0 Å². The van der Waals surface area contributed by atoms with E-state index in [1.54, 1.807) is 19.1 Å². The Labute approximate surface area is 92.2 Å². The number of halogens is 3. The van der Waals surface area contributed by atoms with Gasteiger partial charge in [-0.1, -0.05) is 18.2 Å². The van der Waals surface area contributed by atoms with Gasteiger partial charge in [0.15, 0.2) is 0 Å². The van der Waals surface area contributed by atoms with Crippen molar-refractivity contribution in [2.24, 2.45) is 5.73 Å². The minimum atomic E-state index is -4.35. The molecule has 1 aromatic rings. The van der Waals surface area contributed by atoms with Crippen molar-refractivity contribution in [3.8, 4) is 5.75 Å². The second kappa shape index (κ2) is 5.21. The third-order valence-electron chi connectivity index (χ3n) is 2.23. The lowest BCUT2D eigenvalue weighted by Crippen LogP contribution is -2.28. The highest BCUT2D eigenvalue weighted by atomic mass is 19.4. The zero-order valence-electron chi connectivity index (χ0n) is 8.92. The molecule has 5 heteroatoms. The van der Waals surface area contributed by atoms with Crippen LogP contribution >= 0.6 is 0 Å². The summed E-state index contributed by atoms with van der Waals surface area (Å²) in [6, 6.07) is 6.11. The fourth-order valence-electron chi connectivity index (χ4n) is 1.49. The first-order valence-corrected chi connectivity index (χ1v) is 4.99. The molecule has 2 N–H and O–H groups in total. The van der Waals surface area contributed by atoms with Gasteiger partial charge < -0.3 is 10.5 Å². The molecule has 1 rings (SSSR count). The van der Waals surface area contributed by atoms with E-state index >= 15 is 0 Å². The summed E-state index contributed by atoms with van der Waals surface area (Å²) in [6.07, 6.45) is -4.35. The molecular weight excluding hydrogens is 219 g/mol. The van der Waals surface area contributed by atoms with E-state index in [0.717, 1.165) is 0 Å². The monoisotopic (exact) mass is 233 g/mol. The van der Waals surface area contributed by atoms with Gasteiger partial charge in [-0.25, -0.2) is 0 Å². The van der Waals surface area contributed by atoms with Crippen molar-refractivity contribution in [1.82, 2.24) is 0 Å². The maximum atomic E-state index is 12.7. The Morgan fingerprint density at radius 1 is 1.31 bits per heavy atom. The Balaban J connectivity index is 3.09. The number of hydrogen-bond donors (Lipinski definition) is 1. The molecule has 0 radical (unpaired) electrons. The Bertz CT molecular complexity index is 338. The Hall–Kier alpha value is -1.23. The maximum absolute atomic E-state index is 12.7. The molecule has 0 saturated carbocycles. The van der Waals surface area contributed by atoms with Gasteiger partial charge in [0.05, 0.1) is 12.5 Å². The van der Waals surface area contributed by atoms with Gasteiger partial charge >= 0.3 is 6.18 Å². The highest BCUT2D eigenvalue weighted by Gasteiger charge is 2.41. The van der Waals surface area contributed by atoms with Gasteiger partial charge in [0.25, 0.3) is 0 Å². The van der Waals surface area contributed by atoms with Crippen LogP contribution in [0.1, 0.15) is 18.4 Å². The van der Waals surface area contributed by atoms with E-state index < -0.39 is 18.6 Å². The van der Waals surface area contributed by atoms with E-state index in [4.69, 9.17) is 10.5 Å². The van der Waals surface area contributed by atoms with Crippen LogP contribution in [-0.2, 0) is 0 Å². The molecule has 0 bridgehead atoms. The summed E-state index contributed by atoms with van der Waals surface area (Å²) in [6.45, 7) is 1.57. The predicted octanol–water partition coefficient (Wildman–Crippen LogP) is 2.69. The van der Waals surface area contributed by atoms with Gasteiger partial charge in [0.1, 0.15) is 5.75 Å². The van der Waals surface area contributed by atoms with Crippen LogP contribution in [0.4, 0.5) is 13.2 Å². The van der Waals surface area contributed by atoms with Crippen LogP contribution in [0, 0.1) is 0 Å². The fourth-order valence-corrected chi connectivity index (χ4v) is 1.49. The molecule has 1 unspecified atom stereocenters. The Kier molecular flexibility index (Phi) is 4.18. The number of para-hydroxylation sites is 1. The molecule has 0 aromatic heterocycles. The van der Waals surface area contributed by atoms with Gasteiger partial charge in [0, 0.05) is 12.1 Å². The smallest absolute Gasteiger partial charge is 0.397 e. The van der Waals surface area contributed by atoms with Crippen molar-refractivity contribution >= 4 is 0 Å². The molecule has 0 spiro atoms. The molecule has 0 aliphatic rings. The first-order chi connectivity index (χ1) is 7.50. The van der Waals surface area contributed by atoms with Crippen LogP contribution in [0.15, 0.2) is 24.3 Å². The molecule has 1 aromatic carbocycles. The summed E-state index contributed by atoms with van der Waals surface area (Å²) in [5.74, 6) is -1.42. The van der Waals surface area contributed by atoms with E-state index in [9.17, 15) is 13.2 Å². The minimum absolute atomic E-state index is 0.0966. The third kappa shape index (κ3) is 2.88. The number of rotatable bonds is 4. The SMILES string of the molecule is CCOc1ccccc1C(CN)C(F)(F)F. The maximum Gasteiger partial charge on any atom is 0.397 e. The van der Waals surface area contributed by atoms with Crippen molar-refractivity contribution in [2.45, 2.75) is 19.0 Å². The van der Waals surface area contributed by atoms with Crippen molar-refractivity contribution in [2.75, 3.05) is 13.2 Å². The summed E-state index contributed by atoms with van der Waals surface area (Å²) >= 11 is 0. The van der Waals surface area contributed by atoms with Gasteiger partial charge in [-0.15, -0.1) is 0 Å². The number of nitrogens with two attached hydrogens (primary N) is 1. The molecule has 0 amide bonds. The highest BCUT2D eigenvalue weighted by molar-refractivity contribution is 5.37. The molecule has 0 saturated heterocycles. The van der Waals surface area contributed by atoms with Crippen molar-refractivity contribution < 1.29 is 17.9 Å². The molecule has 0 heterocycles. The molecular formula is C11H14F3NO. The highest BCUT2D eigenvalue weighted by Crippen LogP contribution is 2.38. The molecule has 0 aliphatic heterocycles. The van der Waals surface area contributed by atoms with Gasteiger partial charge in [-0.05, 0) is 13.0 Å². The largest absolute Gasteiger partial charge is 0.494 e. The molecule has 2 nitrogen and oxygen atoms in total.